The van der Waals surface area contributed by atoms with Crippen molar-refractivity contribution in [2.24, 2.45) is 0 Å². The molecule has 134 valence electrons. The normalized spacial score (nSPS) is 10.5. The molecule has 0 aliphatic rings. The second-order valence-corrected chi connectivity index (χ2v) is 6.50. The van der Waals surface area contributed by atoms with Crippen molar-refractivity contribution in [1.29, 1.82) is 0 Å². The molecule has 1 aromatic carbocycles. The molecule has 1 aromatic heterocycles. The maximum absolute atomic E-state index is 12.5. The fraction of sp³-hybridized carbons (Fsp3) is 0.389. The first-order valence-electron chi connectivity index (χ1n) is 8.12. The molecule has 0 radical (unpaired) electrons. The van der Waals surface area contributed by atoms with Crippen LogP contribution in [0.5, 0.6) is 0 Å². The third kappa shape index (κ3) is 5.65. The van der Waals surface area contributed by atoms with E-state index in [1.807, 2.05) is 36.6 Å². The van der Waals surface area contributed by atoms with Crippen molar-refractivity contribution in [3.8, 4) is 0 Å². The van der Waals surface area contributed by atoms with E-state index in [0.717, 1.165) is 17.7 Å². The van der Waals surface area contributed by atoms with Gasteiger partial charge in [-0.15, -0.1) is 11.3 Å². The number of methoxy groups -OCH3 is 1. The van der Waals surface area contributed by atoms with Crippen LogP contribution in [0.1, 0.15) is 23.7 Å². The van der Waals surface area contributed by atoms with Crippen LogP contribution in [0.3, 0.4) is 0 Å². The van der Waals surface area contributed by atoms with Crippen molar-refractivity contribution in [2.45, 2.75) is 26.8 Å². The van der Waals surface area contributed by atoms with Gasteiger partial charge in [-0.25, -0.2) is 4.98 Å². The second kappa shape index (κ2) is 9.29. The first kappa shape index (κ1) is 19.1. The van der Waals surface area contributed by atoms with E-state index < -0.39 is 11.8 Å². The minimum atomic E-state index is -0.685. The zero-order valence-electron chi connectivity index (χ0n) is 14.7. The standard InChI is InChI=1S/C18H23N3O3S/c1-4-14-5-7-15(8-6-14)11-21(9-10-24-3)17(23)16(22)20-18-19-13(2)12-25-18/h5-8,12H,4,9-11H2,1-3H3,(H,19,20,22). The van der Waals surface area contributed by atoms with Gasteiger partial charge >= 0.3 is 11.8 Å². The summed E-state index contributed by atoms with van der Waals surface area (Å²) >= 11 is 1.29. The molecule has 0 bridgehead atoms. The van der Waals surface area contributed by atoms with Crippen LogP contribution in [-0.4, -0.2) is 42.0 Å². The lowest BCUT2D eigenvalue weighted by molar-refractivity contribution is -0.144. The predicted octanol–water partition coefficient (Wildman–Crippen LogP) is 2.63. The zero-order chi connectivity index (χ0) is 18.2. The van der Waals surface area contributed by atoms with E-state index in [-0.39, 0.29) is 0 Å². The van der Waals surface area contributed by atoms with E-state index in [4.69, 9.17) is 4.74 Å². The van der Waals surface area contributed by atoms with Crippen LogP contribution >= 0.6 is 11.3 Å². The number of anilines is 1. The Morgan fingerprint density at radius 3 is 2.48 bits per heavy atom. The summed E-state index contributed by atoms with van der Waals surface area (Å²) in [7, 11) is 1.57. The zero-order valence-corrected chi connectivity index (χ0v) is 15.6. The second-order valence-electron chi connectivity index (χ2n) is 5.64. The molecule has 0 saturated carbocycles. The maximum Gasteiger partial charge on any atom is 0.315 e. The highest BCUT2D eigenvalue weighted by atomic mass is 32.1. The van der Waals surface area contributed by atoms with Gasteiger partial charge in [0, 0.05) is 25.6 Å². The van der Waals surface area contributed by atoms with Crippen molar-refractivity contribution in [1.82, 2.24) is 9.88 Å². The van der Waals surface area contributed by atoms with E-state index in [9.17, 15) is 9.59 Å². The Kier molecular flexibility index (Phi) is 7.09. The minimum Gasteiger partial charge on any atom is -0.383 e. The monoisotopic (exact) mass is 361 g/mol. The summed E-state index contributed by atoms with van der Waals surface area (Å²) < 4.78 is 5.06. The van der Waals surface area contributed by atoms with Crippen molar-refractivity contribution in [3.05, 3.63) is 46.5 Å². The van der Waals surface area contributed by atoms with Gasteiger partial charge in [0.1, 0.15) is 0 Å². The summed E-state index contributed by atoms with van der Waals surface area (Å²) in [5.74, 6) is -1.28. The van der Waals surface area contributed by atoms with Gasteiger partial charge in [0.25, 0.3) is 0 Å². The third-order valence-electron chi connectivity index (χ3n) is 3.69. The molecule has 0 unspecified atom stereocenters. The smallest absolute Gasteiger partial charge is 0.315 e. The van der Waals surface area contributed by atoms with Crippen LogP contribution in [0, 0.1) is 6.92 Å². The summed E-state index contributed by atoms with van der Waals surface area (Å²) in [4.78, 5) is 30.4. The molecule has 2 rings (SSSR count). The number of benzene rings is 1. The first-order valence-corrected chi connectivity index (χ1v) is 9.00. The van der Waals surface area contributed by atoms with Gasteiger partial charge in [0.2, 0.25) is 0 Å². The first-order chi connectivity index (χ1) is 12.0. The molecule has 0 fully saturated rings. The Bertz CT molecular complexity index is 713. The Morgan fingerprint density at radius 2 is 1.92 bits per heavy atom. The maximum atomic E-state index is 12.5. The van der Waals surface area contributed by atoms with E-state index >= 15 is 0 Å². The lowest BCUT2D eigenvalue weighted by Gasteiger charge is -2.21. The minimum absolute atomic E-state index is 0.342. The topological polar surface area (TPSA) is 71.5 Å². The predicted molar refractivity (Wildman–Crippen MR) is 98.6 cm³/mol. The molecule has 2 amide bonds. The number of aromatic nitrogens is 1. The number of carbonyl (C=O) groups is 2. The quantitative estimate of drug-likeness (QED) is 0.770. The third-order valence-corrected chi connectivity index (χ3v) is 4.57. The fourth-order valence-corrected chi connectivity index (χ4v) is 2.94. The van der Waals surface area contributed by atoms with Gasteiger partial charge in [-0.2, -0.15) is 0 Å². The molecule has 0 aliphatic carbocycles. The van der Waals surface area contributed by atoms with Gasteiger partial charge in [0.15, 0.2) is 5.13 Å². The molecule has 7 heteroatoms. The molecule has 1 N–H and O–H groups in total. The van der Waals surface area contributed by atoms with Gasteiger partial charge in [-0.3, -0.25) is 14.9 Å². The van der Waals surface area contributed by atoms with Crippen LogP contribution < -0.4 is 5.32 Å². The van der Waals surface area contributed by atoms with E-state index in [1.165, 1.54) is 21.8 Å². The Labute approximate surface area is 151 Å². The number of aryl methyl sites for hydroxylation is 2. The number of hydrogen-bond donors (Lipinski definition) is 1. The van der Waals surface area contributed by atoms with Crippen molar-refractivity contribution in [2.75, 3.05) is 25.6 Å². The van der Waals surface area contributed by atoms with Crippen LogP contribution in [0.2, 0.25) is 0 Å². The molecule has 0 aliphatic heterocycles. The number of nitrogens with zero attached hydrogens (tertiary/aromatic N) is 2. The van der Waals surface area contributed by atoms with Crippen LogP contribution in [0.15, 0.2) is 29.6 Å². The van der Waals surface area contributed by atoms with Crippen molar-refractivity contribution >= 4 is 28.3 Å². The molecule has 2 aromatic rings. The summed E-state index contributed by atoms with van der Waals surface area (Å²) in [6, 6.07) is 8.03. The number of thiazole rings is 1. The van der Waals surface area contributed by atoms with Crippen LogP contribution in [0.4, 0.5) is 5.13 Å². The molecule has 0 spiro atoms. The van der Waals surface area contributed by atoms with Crippen molar-refractivity contribution in [3.63, 3.8) is 0 Å². The van der Waals surface area contributed by atoms with Gasteiger partial charge < -0.3 is 9.64 Å². The lowest BCUT2D eigenvalue weighted by Crippen LogP contribution is -2.41. The number of amides is 2. The number of hydrogen-bond acceptors (Lipinski definition) is 5. The van der Waals surface area contributed by atoms with Crippen molar-refractivity contribution < 1.29 is 14.3 Å². The largest absolute Gasteiger partial charge is 0.383 e. The molecule has 25 heavy (non-hydrogen) atoms. The summed E-state index contributed by atoms with van der Waals surface area (Å²) in [5.41, 5.74) is 3.01. The highest BCUT2D eigenvalue weighted by Gasteiger charge is 2.22. The van der Waals surface area contributed by atoms with Gasteiger partial charge in [0.05, 0.1) is 12.3 Å². The van der Waals surface area contributed by atoms with Crippen LogP contribution in [0.25, 0.3) is 0 Å². The highest BCUT2D eigenvalue weighted by molar-refractivity contribution is 7.14. The Hall–Kier alpha value is -2.25. The molecule has 6 nitrogen and oxygen atoms in total. The van der Waals surface area contributed by atoms with E-state index in [2.05, 4.69) is 17.2 Å². The Morgan fingerprint density at radius 1 is 1.24 bits per heavy atom. The average Bonchev–Trinajstić information content (AvgIpc) is 3.03. The SMILES string of the molecule is CCc1ccc(CN(CCOC)C(=O)C(=O)Nc2nc(C)cs2)cc1. The molecule has 0 saturated heterocycles. The van der Waals surface area contributed by atoms with Gasteiger partial charge in [-0.1, -0.05) is 31.2 Å². The molecular formula is C18H23N3O3S. The number of rotatable bonds is 7. The summed E-state index contributed by atoms with van der Waals surface area (Å²) in [6.07, 6.45) is 0.961. The molecule has 0 atom stereocenters. The number of nitrogens with one attached hydrogen (secondary N) is 1. The lowest BCUT2D eigenvalue weighted by atomic mass is 10.1. The Balaban J connectivity index is 2.05. The number of carbonyl (C=O) groups excluding carboxylic acids is 2. The summed E-state index contributed by atoms with van der Waals surface area (Å²) in [6.45, 7) is 4.99. The highest BCUT2D eigenvalue weighted by Crippen LogP contribution is 2.15. The fourth-order valence-electron chi connectivity index (χ4n) is 2.26. The summed E-state index contributed by atoms with van der Waals surface area (Å²) in [5, 5.41) is 4.80. The van der Waals surface area contributed by atoms with E-state index in [0.29, 0.717) is 24.8 Å². The van der Waals surface area contributed by atoms with Gasteiger partial charge in [-0.05, 0) is 24.5 Å². The molecular weight excluding hydrogens is 338 g/mol. The van der Waals surface area contributed by atoms with Crippen LogP contribution in [-0.2, 0) is 27.3 Å². The molecule has 1 heterocycles. The van der Waals surface area contributed by atoms with E-state index in [1.54, 1.807) is 7.11 Å². The number of ether oxygens (including phenoxy) is 1. The average molecular weight is 361 g/mol.